The first-order chi connectivity index (χ1) is 8.39. The van der Waals surface area contributed by atoms with Gasteiger partial charge in [0.2, 0.25) is 0 Å². The average Bonchev–Trinajstić information content (AvgIpc) is 2.29. The Bertz CT molecular complexity index is 306. The second-order valence-corrected chi connectivity index (χ2v) is 7.39. The molecule has 18 heavy (non-hydrogen) atoms. The van der Waals surface area contributed by atoms with Crippen molar-refractivity contribution in [2.24, 2.45) is 11.1 Å². The predicted octanol–water partition coefficient (Wildman–Crippen LogP) is 3.33. The first kappa shape index (κ1) is 14.1. The lowest BCUT2D eigenvalue weighted by atomic mass is 9.80. The normalized spacial score (nSPS) is 25.9. The van der Waals surface area contributed by atoms with Crippen LogP contribution < -0.4 is 5.73 Å². The van der Waals surface area contributed by atoms with Crippen LogP contribution in [0.2, 0.25) is 0 Å². The topological polar surface area (TPSA) is 29.3 Å². The van der Waals surface area contributed by atoms with E-state index in [2.05, 4.69) is 31.7 Å². The van der Waals surface area contributed by atoms with Crippen LogP contribution in [0.15, 0.2) is 11.6 Å². The van der Waals surface area contributed by atoms with Crippen molar-refractivity contribution in [3.63, 3.8) is 0 Å². The van der Waals surface area contributed by atoms with Gasteiger partial charge in [-0.1, -0.05) is 51.7 Å². The number of nitrogens with zero attached hydrogens (tertiary/aromatic N) is 1. The molecule has 0 atom stereocenters. The Hall–Kier alpha value is -0.340. The van der Waals surface area contributed by atoms with E-state index < -0.39 is 0 Å². The minimum atomic E-state index is 0.103. The SMILES string of the molecule is CC(C)(C)C1=CCN(CC2(N)CCCCC2)CC1. The molecule has 0 aromatic rings. The predicted molar refractivity (Wildman–Crippen MR) is 78.6 cm³/mol. The van der Waals surface area contributed by atoms with Crippen molar-refractivity contribution in [2.45, 2.75) is 64.8 Å². The summed E-state index contributed by atoms with van der Waals surface area (Å²) in [6, 6.07) is 0. The van der Waals surface area contributed by atoms with E-state index in [0.717, 1.165) is 13.1 Å². The van der Waals surface area contributed by atoms with Gasteiger partial charge < -0.3 is 5.73 Å². The molecule has 1 aliphatic carbocycles. The molecule has 2 nitrogen and oxygen atoms in total. The first-order valence-electron chi connectivity index (χ1n) is 7.60. The maximum absolute atomic E-state index is 6.55. The largest absolute Gasteiger partial charge is 0.324 e. The molecule has 0 radical (unpaired) electrons. The van der Waals surface area contributed by atoms with Crippen molar-refractivity contribution in [2.75, 3.05) is 19.6 Å². The van der Waals surface area contributed by atoms with E-state index in [-0.39, 0.29) is 5.54 Å². The Balaban J connectivity index is 1.88. The second-order valence-electron chi connectivity index (χ2n) is 7.39. The summed E-state index contributed by atoms with van der Waals surface area (Å²) in [5, 5.41) is 0. The molecule has 2 rings (SSSR count). The summed E-state index contributed by atoms with van der Waals surface area (Å²) in [7, 11) is 0. The van der Waals surface area contributed by atoms with Crippen LogP contribution >= 0.6 is 0 Å². The first-order valence-corrected chi connectivity index (χ1v) is 7.60. The molecule has 0 spiro atoms. The zero-order chi connectivity index (χ0) is 13.2. The van der Waals surface area contributed by atoms with Gasteiger partial charge >= 0.3 is 0 Å². The van der Waals surface area contributed by atoms with Crippen molar-refractivity contribution < 1.29 is 0 Å². The smallest absolute Gasteiger partial charge is 0.0283 e. The lowest BCUT2D eigenvalue weighted by Crippen LogP contribution is -2.52. The Kier molecular flexibility index (Phi) is 4.18. The third-order valence-corrected chi connectivity index (χ3v) is 4.64. The molecule has 0 aromatic heterocycles. The molecule has 0 amide bonds. The summed E-state index contributed by atoms with van der Waals surface area (Å²) in [5.74, 6) is 0. The van der Waals surface area contributed by atoms with Crippen LogP contribution in [0, 0.1) is 5.41 Å². The van der Waals surface area contributed by atoms with Crippen molar-refractivity contribution in [3.8, 4) is 0 Å². The lowest BCUT2D eigenvalue weighted by molar-refractivity contribution is 0.177. The summed E-state index contributed by atoms with van der Waals surface area (Å²) >= 11 is 0. The fourth-order valence-corrected chi connectivity index (χ4v) is 3.40. The van der Waals surface area contributed by atoms with Gasteiger partial charge in [-0.2, -0.15) is 0 Å². The molecule has 0 aromatic carbocycles. The van der Waals surface area contributed by atoms with Crippen LogP contribution in [0.25, 0.3) is 0 Å². The van der Waals surface area contributed by atoms with Crippen molar-refractivity contribution >= 4 is 0 Å². The van der Waals surface area contributed by atoms with Gasteiger partial charge in [0.1, 0.15) is 0 Å². The summed E-state index contributed by atoms with van der Waals surface area (Å²) < 4.78 is 0. The van der Waals surface area contributed by atoms with Gasteiger partial charge in [0.15, 0.2) is 0 Å². The highest BCUT2D eigenvalue weighted by atomic mass is 15.1. The maximum Gasteiger partial charge on any atom is 0.0283 e. The standard InChI is InChI=1S/C16H30N2/c1-15(2,3)14-7-11-18(12-8-14)13-16(17)9-5-4-6-10-16/h7H,4-6,8-13,17H2,1-3H3. The Morgan fingerprint density at radius 1 is 1.22 bits per heavy atom. The molecular formula is C16H30N2. The molecule has 1 fully saturated rings. The second kappa shape index (κ2) is 5.34. The van der Waals surface area contributed by atoms with Gasteiger partial charge in [-0.3, -0.25) is 4.90 Å². The molecule has 0 unspecified atom stereocenters. The van der Waals surface area contributed by atoms with Crippen LogP contribution in [0.5, 0.6) is 0 Å². The number of hydrogen-bond acceptors (Lipinski definition) is 2. The molecule has 2 N–H and O–H groups in total. The molecule has 1 saturated carbocycles. The number of nitrogens with two attached hydrogens (primary N) is 1. The molecule has 1 aliphatic heterocycles. The van der Waals surface area contributed by atoms with E-state index in [9.17, 15) is 0 Å². The van der Waals surface area contributed by atoms with Crippen molar-refractivity contribution in [1.82, 2.24) is 4.90 Å². The minimum absolute atomic E-state index is 0.103. The average molecular weight is 250 g/mol. The van der Waals surface area contributed by atoms with Gasteiger partial charge in [-0.05, 0) is 24.7 Å². The quantitative estimate of drug-likeness (QED) is 0.762. The van der Waals surface area contributed by atoms with E-state index in [1.807, 2.05) is 0 Å². The molecule has 1 heterocycles. The zero-order valence-electron chi connectivity index (χ0n) is 12.5. The fourth-order valence-electron chi connectivity index (χ4n) is 3.40. The molecule has 0 bridgehead atoms. The molecule has 104 valence electrons. The Labute approximate surface area is 113 Å². The molecule has 0 saturated heterocycles. The Morgan fingerprint density at radius 2 is 1.89 bits per heavy atom. The van der Waals surface area contributed by atoms with Gasteiger partial charge in [0, 0.05) is 25.2 Å². The monoisotopic (exact) mass is 250 g/mol. The third kappa shape index (κ3) is 3.58. The molecule has 2 aliphatic rings. The summed E-state index contributed by atoms with van der Waals surface area (Å²) in [6.07, 6.45) is 10.1. The molecular weight excluding hydrogens is 220 g/mol. The van der Waals surface area contributed by atoms with Gasteiger partial charge in [-0.15, -0.1) is 0 Å². The van der Waals surface area contributed by atoms with E-state index in [1.165, 1.54) is 45.1 Å². The van der Waals surface area contributed by atoms with Crippen LogP contribution in [0.1, 0.15) is 59.3 Å². The Morgan fingerprint density at radius 3 is 2.39 bits per heavy atom. The summed E-state index contributed by atoms with van der Waals surface area (Å²) in [5.41, 5.74) is 8.61. The molecule has 2 heteroatoms. The van der Waals surface area contributed by atoms with Crippen LogP contribution in [0.4, 0.5) is 0 Å². The van der Waals surface area contributed by atoms with E-state index >= 15 is 0 Å². The van der Waals surface area contributed by atoms with E-state index in [1.54, 1.807) is 5.57 Å². The van der Waals surface area contributed by atoms with Gasteiger partial charge in [0.25, 0.3) is 0 Å². The lowest BCUT2D eigenvalue weighted by Gasteiger charge is -2.40. The van der Waals surface area contributed by atoms with Crippen molar-refractivity contribution in [1.29, 1.82) is 0 Å². The van der Waals surface area contributed by atoms with Gasteiger partial charge in [-0.25, -0.2) is 0 Å². The van der Waals surface area contributed by atoms with Crippen LogP contribution in [-0.2, 0) is 0 Å². The summed E-state index contributed by atoms with van der Waals surface area (Å²) in [4.78, 5) is 2.56. The highest BCUT2D eigenvalue weighted by Crippen LogP contribution is 2.32. The van der Waals surface area contributed by atoms with E-state index in [4.69, 9.17) is 5.73 Å². The zero-order valence-corrected chi connectivity index (χ0v) is 12.5. The highest BCUT2D eigenvalue weighted by Gasteiger charge is 2.30. The minimum Gasteiger partial charge on any atom is -0.324 e. The number of rotatable bonds is 2. The highest BCUT2D eigenvalue weighted by molar-refractivity contribution is 5.15. The maximum atomic E-state index is 6.55. The summed E-state index contributed by atoms with van der Waals surface area (Å²) in [6.45, 7) is 10.4. The fraction of sp³-hybridized carbons (Fsp3) is 0.875. The van der Waals surface area contributed by atoms with Crippen molar-refractivity contribution in [3.05, 3.63) is 11.6 Å². The third-order valence-electron chi connectivity index (χ3n) is 4.64. The number of hydrogen-bond donors (Lipinski definition) is 1. The van der Waals surface area contributed by atoms with Crippen LogP contribution in [-0.4, -0.2) is 30.1 Å². The van der Waals surface area contributed by atoms with Gasteiger partial charge in [0.05, 0.1) is 0 Å². The van der Waals surface area contributed by atoms with E-state index in [0.29, 0.717) is 5.41 Å². The van der Waals surface area contributed by atoms with Crippen LogP contribution in [0.3, 0.4) is 0 Å².